The molecule has 17 heavy (non-hydrogen) atoms. The topological polar surface area (TPSA) is 88.2 Å². The summed E-state index contributed by atoms with van der Waals surface area (Å²) in [5, 5.41) is 6.16. The number of esters is 1. The first kappa shape index (κ1) is 11.6. The highest BCUT2D eigenvalue weighted by Crippen LogP contribution is 2.18. The Morgan fingerprint density at radius 3 is 3.06 bits per heavy atom. The number of hydrogen-bond acceptors (Lipinski definition) is 5. The van der Waals surface area contributed by atoms with Gasteiger partial charge in [-0.1, -0.05) is 0 Å². The number of piperidine rings is 1. The van der Waals surface area contributed by atoms with Crippen LogP contribution in [0.5, 0.6) is 0 Å². The van der Waals surface area contributed by atoms with Crippen molar-refractivity contribution in [1.29, 1.82) is 0 Å². The minimum atomic E-state index is -0.264. The average molecular weight is 238 g/mol. The zero-order valence-corrected chi connectivity index (χ0v) is 9.55. The minimum Gasteiger partial charge on any atom is -0.469 e. The number of ether oxygens (including phenoxy) is 1. The first-order valence-electron chi connectivity index (χ1n) is 5.45. The van der Waals surface area contributed by atoms with Crippen LogP contribution in [0.1, 0.15) is 23.5 Å². The van der Waals surface area contributed by atoms with E-state index < -0.39 is 0 Å². The quantitative estimate of drug-likeness (QED) is 0.723. The van der Waals surface area contributed by atoms with Crippen molar-refractivity contribution >= 4 is 11.9 Å². The summed E-state index contributed by atoms with van der Waals surface area (Å²) in [5.74, 6) is -0.521. The molecule has 7 nitrogen and oxygen atoms in total. The van der Waals surface area contributed by atoms with Crippen LogP contribution in [0.2, 0.25) is 0 Å². The lowest BCUT2D eigenvalue weighted by molar-refractivity contribution is -0.146. The molecule has 1 amide bonds. The largest absolute Gasteiger partial charge is 0.469 e. The SMILES string of the molecule is COC(=O)C1CCCN(C(=O)c2ncn[nH]2)C1. The number of nitrogens with one attached hydrogen (secondary N) is 1. The first-order valence-corrected chi connectivity index (χ1v) is 5.45. The maximum Gasteiger partial charge on any atom is 0.310 e. The Hall–Kier alpha value is -1.92. The van der Waals surface area contributed by atoms with Crippen molar-refractivity contribution in [2.24, 2.45) is 5.92 Å². The van der Waals surface area contributed by atoms with Gasteiger partial charge in [-0.15, -0.1) is 0 Å². The average Bonchev–Trinajstić information content (AvgIpc) is 2.91. The van der Waals surface area contributed by atoms with Crippen LogP contribution in [-0.4, -0.2) is 52.2 Å². The van der Waals surface area contributed by atoms with Gasteiger partial charge in [0.15, 0.2) is 0 Å². The van der Waals surface area contributed by atoms with Gasteiger partial charge in [0.05, 0.1) is 13.0 Å². The van der Waals surface area contributed by atoms with E-state index in [4.69, 9.17) is 4.74 Å². The second-order valence-corrected chi connectivity index (χ2v) is 3.95. The summed E-state index contributed by atoms with van der Waals surface area (Å²) in [6.07, 6.45) is 2.83. The van der Waals surface area contributed by atoms with Gasteiger partial charge in [-0.2, -0.15) is 5.10 Å². The maximum absolute atomic E-state index is 12.0. The molecule has 1 atom stereocenters. The molecule has 2 rings (SSSR count). The Balaban J connectivity index is 2.02. The molecule has 2 heterocycles. The maximum atomic E-state index is 12.0. The molecule has 1 N–H and O–H groups in total. The molecule has 1 aromatic heterocycles. The molecule has 7 heteroatoms. The predicted octanol–water partition coefficient (Wildman–Crippen LogP) is -0.170. The molecule has 92 valence electrons. The summed E-state index contributed by atoms with van der Waals surface area (Å²) in [5.41, 5.74) is 0. The Kier molecular flexibility index (Phi) is 3.36. The van der Waals surface area contributed by atoms with Crippen LogP contribution in [0, 0.1) is 5.92 Å². The zero-order valence-electron chi connectivity index (χ0n) is 9.55. The van der Waals surface area contributed by atoms with Crippen LogP contribution < -0.4 is 0 Å². The van der Waals surface area contributed by atoms with E-state index in [1.54, 1.807) is 4.90 Å². The predicted molar refractivity (Wildman–Crippen MR) is 57.0 cm³/mol. The molecule has 1 aromatic rings. The number of amides is 1. The van der Waals surface area contributed by atoms with Gasteiger partial charge in [0.1, 0.15) is 6.33 Å². The summed E-state index contributed by atoms with van der Waals surface area (Å²) in [6, 6.07) is 0. The lowest BCUT2D eigenvalue weighted by Crippen LogP contribution is -2.43. The van der Waals surface area contributed by atoms with Gasteiger partial charge in [-0.05, 0) is 12.8 Å². The van der Waals surface area contributed by atoms with Crippen LogP contribution in [0.15, 0.2) is 6.33 Å². The summed E-state index contributed by atoms with van der Waals surface area (Å²) in [6.45, 7) is 1.01. The van der Waals surface area contributed by atoms with E-state index in [9.17, 15) is 9.59 Å². The molecule has 1 unspecified atom stereocenters. The molecule has 0 aliphatic carbocycles. The van der Waals surface area contributed by atoms with Gasteiger partial charge in [-0.3, -0.25) is 14.7 Å². The third-order valence-electron chi connectivity index (χ3n) is 2.86. The molecule has 0 bridgehead atoms. The molecule has 0 spiro atoms. The first-order chi connectivity index (χ1) is 8.22. The minimum absolute atomic E-state index is 0.204. The highest BCUT2D eigenvalue weighted by atomic mass is 16.5. The Bertz CT molecular complexity index is 404. The van der Waals surface area contributed by atoms with Gasteiger partial charge >= 0.3 is 5.97 Å². The van der Waals surface area contributed by atoms with Gasteiger partial charge in [-0.25, -0.2) is 4.98 Å². The van der Waals surface area contributed by atoms with E-state index in [-0.39, 0.29) is 23.6 Å². The van der Waals surface area contributed by atoms with Gasteiger partial charge in [0, 0.05) is 13.1 Å². The van der Waals surface area contributed by atoms with E-state index in [0.29, 0.717) is 13.1 Å². The van der Waals surface area contributed by atoms with Crippen molar-refractivity contribution in [3.8, 4) is 0 Å². The van der Waals surface area contributed by atoms with E-state index in [1.807, 2.05) is 0 Å². The van der Waals surface area contributed by atoms with Crippen LogP contribution in [-0.2, 0) is 9.53 Å². The number of aromatic amines is 1. The van der Waals surface area contributed by atoms with Gasteiger partial charge < -0.3 is 9.64 Å². The molecular formula is C10H14N4O3. The number of aromatic nitrogens is 3. The summed E-state index contributed by atoms with van der Waals surface area (Å²) in [7, 11) is 1.36. The fraction of sp³-hybridized carbons (Fsp3) is 0.600. The van der Waals surface area contributed by atoms with Crippen LogP contribution in [0.3, 0.4) is 0 Å². The lowest BCUT2D eigenvalue weighted by Gasteiger charge is -2.30. The number of likely N-dealkylation sites (tertiary alicyclic amines) is 1. The lowest BCUT2D eigenvalue weighted by atomic mass is 9.98. The van der Waals surface area contributed by atoms with Crippen LogP contribution in [0.25, 0.3) is 0 Å². The van der Waals surface area contributed by atoms with Crippen molar-refractivity contribution in [3.05, 3.63) is 12.2 Å². The second kappa shape index (κ2) is 4.94. The standard InChI is InChI=1S/C10H14N4O3/c1-17-10(16)7-3-2-4-14(5-7)9(15)8-11-6-12-13-8/h6-7H,2-5H2,1H3,(H,11,12,13). The number of H-pyrrole nitrogens is 1. The highest BCUT2D eigenvalue weighted by molar-refractivity contribution is 5.90. The van der Waals surface area contributed by atoms with Gasteiger partial charge in [0.2, 0.25) is 5.82 Å². The number of methoxy groups -OCH3 is 1. The van der Waals surface area contributed by atoms with Crippen molar-refractivity contribution in [2.75, 3.05) is 20.2 Å². The second-order valence-electron chi connectivity index (χ2n) is 3.95. The number of carbonyl (C=O) groups is 2. The van der Waals surface area contributed by atoms with E-state index >= 15 is 0 Å². The fourth-order valence-electron chi connectivity index (χ4n) is 1.98. The number of carbonyl (C=O) groups excluding carboxylic acids is 2. The summed E-state index contributed by atoms with van der Waals surface area (Å²) >= 11 is 0. The summed E-state index contributed by atoms with van der Waals surface area (Å²) < 4.78 is 4.70. The van der Waals surface area contributed by atoms with E-state index in [0.717, 1.165) is 12.8 Å². The monoisotopic (exact) mass is 238 g/mol. The molecule has 1 fully saturated rings. The van der Waals surface area contributed by atoms with E-state index in [2.05, 4.69) is 15.2 Å². The van der Waals surface area contributed by atoms with Crippen molar-refractivity contribution in [2.45, 2.75) is 12.8 Å². The van der Waals surface area contributed by atoms with Crippen LogP contribution in [0.4, 0.5) is 0 Å². The third-order valence-corrected chi connectivity index (χ3v) is 2.86. The Morgan fingerprint density at radius 2 is 2.41 bits per heavy atom. The highest BCUT2D eigenvalue weighted by Gasteiger charge is 2.30. The Morgan fingerprint density at radius 1 is 1.59 bits per heavy atom. The van der Waals surface area contributed by atoms with Crippen molar-refractivity contribution in [3.63, 3.8) is 0 Å². The molecule has 0 radical (unpaired) electrons. The smallest absolute Gasteiger partial charge is 0.310 e. The molecule has 0 saturated carbocycles. The van der Waals surface area contributed by atoms with Crippen molar-refractivity contribution < 1.29 is 14.3 Å². The molecule has 1 saturated heterocycles. The van der Waals surface area contributed by atoms with E-state index in [1.165, 1.54) is 13.4 Å². The zero-order chi connectivity index (χ0) is 12.3. The Labute approximate surface area is 98.2 Å². The number of rotatable bonds is 2. The number of hydrogen-bond donors (Lipinski definition) is 1. The fourth-order valence-corrected chi connectivity index (χ4v) is 1.98. The molecule has 1 aliphatic heterocycles. The molecular weight excluding hydrogens is 224 g/mol. The normalized spacial score (nSPS) is 20.1. The molecule has 1 aliphatic rings. The summed E-state index contributed by atoms with van der Waals surface area (Å²) in [4.78, 5) is 28.8. The van der Waals surface area contributed by atoms with Crippen molar-refractivity contribution in [1.82, 2.24) is 20.1 Å². The number of nitrogens with zero attached hydrogens (tertiary/aromatic N) is 3. The van der Waals surface area contributed by atoms with Gasteiger partial charge in [0.25, 0.3) is 5.91 Å². The molecule has 0 aromatic carbocycles. The third kappa shape index (κ3) is 2.43. The van der Waals surface area contributed by atoms with Crippen LogP contribution >= 0.6 is 0 Å².